The lowest BCUT2D eigenvalue weighted by Crippen LogP contribution is -2.14. The fourth-order valence-electron chi connectivity index (χ4n) is 3.00. The molecule has 4 aromatic rings. The molecule has 0 fully saturated rings. The van der Waals surface area contributed by atoms with Crippen LogP contribution in [0.3, 0.4) is 0 Å². The number of nitrogens with one attached hydrogen (secondary N) is 1. The second-order valence-corrected chi connectivity index (χ2v) is 9.52. The van der Waals surface area contributed by atoms with Crippen molar-refractivity contribution < 1.29 is 9.90 Å². The number of aromatic nitrogens is 3. The lowest BCUT2D eigenvalue weighted by molar-refractivity contribution is -0.111. The third kappa shape index (κ3) is 4.71. The molecule has 3 aromatic heterocycles. The van der Waals surface area contributed by atoms with Crippen molar-refractivity contribution >= 4 is 43.9 Å². The molecule has 0 aliphatic carbocycles. The summed E-state index contributed by atoms with van der Waals surface area (Å²) in [6.45, 7) is 5.42. The second kappa shape index (κ2) is 8.66. The highest BCUT2D eigenvalue weighted by Crippen LogP contribution is 2.40. The van der Waals surface area contributed by atoms with Gasteiger partial charge < -0.3 is 5.11 Å². The zero-order chi connectivity index (χ0) is 22.0. The summed E-state index contributed by atoms with van der Waals surface area (Å²) in [5.74, 6) is -0.196. The summed E-state index contributed by atoms with van der Waals surface area (Å²) in [6.07, 6.45) is 7.65. The van der Waals surface area contributed by atoms with Gasteiger partial charge in [0.15, 0.2) is 5.13 Å². The van der Waals surface area contributed by atoms with E-state index in [0.29, 0.717) is 10.1 Å². The Bertz CT molecular complexity index is 1250. The number of benzene rings is 1. The highest BCUT2D eigenvalue weighted by Gasteiger charge is 2.22. The van der Waals surface area contributed by atoms with E-state index >= 15 is 0 Å². The molecule has 1 amide bonds. The molecule has 2 N–H and O–H groups in total. The van der Waals surface area contributed by atoms with Crippen LogP contribution in [0.4, 0.5) is 5.13 Å². The van der Waals surface area contributed by atoms with Gasteiger partial charge in [0, 0.05) is 18.0 Å². The SMILES string of the molecule is CCC=CC(=O)Nc1nc2cc(-c3cnc(C(C)(C)O)s3)cc(-c3ccccn3)c2s1. The number of thiazole rings is 2. The van der Waals surface area contributed by atoms with Crippen LogP contribution in [0.2, 0.25) is 0 Å². The normalized spacial score (nSPS) is 12.0. The molecule has 0 bridgehead atoms. The molecular formula is C23H22N4O2S2. The van der Waals surface area contributed by atoms with E-state index in [9.17, 15) is 9.90 Å². The van der Waals surface area contributed by atoms with Gasteiger partial charge in [-0.05, 0) is 56.2 Å². The first-order valence-electron chi connectivity index (χ1n) is 9.87. The Kier molecular flexibility index (Phi) is 5.95. The molecule has 0 atom stereocenters. The predicted molar refractivity (Wildman–Crippen MR) is 127 cm³/mol. The average Bonchev–Trinajstić information content (AvgIpc) is 3.39. The number of hydrogen-bond acceptors (Lipinski definition) is 7. The Labute approximate surface area is 188 Å². The van der Waals surface area contributed by atoms with Crippen molar-refractivity contribution in [1.29, 1.82) is 0 Å². The van der Waals surface area contributed by atoms with Crippen LogP contribution in [0.25, 0.3) is 31.9 Å². The van der Waals surface area contributed by atoms with Crippen molar-refractivity contribution in [3.63, 3.8) is 0 Å². The maximum absolute atomic E-state index is 12.1. The summed E-state index contributed by atoms with van der Waals surface area (Å²) in [5, 5.41) is 14.3. The number of anilines is 1. The molecule has 6 nitrogen and oxygen atoms in total. The predicted octanol–water partition coefficient (Wildman–Crippen LogP) is 5.61. The highest BCUT2D eigenvalue weighted by molar-refractivity contribution is 7.23. The number of hydrogen-bond donors (Lipinski definition) is 2. The minimum atomic E-state index is -0.999. The number of rotatable bonds is 6. The van der Waals surface area contributed by atoms with Crippen molar-refractivity contribution in [3.8, 4) is 21.7 Å². The number of pyridine rings is 1. The van der Waals surface area contributed by atoms with Crippen molar-refractivity contribution in [2.24, 2.45) is 0 Å². The van der Waals surface area contributed by atoms with Crippen LogP contribution in [-0.4, -0.2) is 26.0 Å². The molecule has 8 heteroatoms. The minimum Gasteiger partial charge on any atom is -0.383 e. The number of amides is 1. The molecule has 0 radical (unpaired) electrons. The fraction of sp³-hybridized carbons (Fsp3) is 0.217. The summed E-state index contributed by atoms with van der Waals surface area (Å²) in [4.78, 5) is 26.6. The van der Waals surface area contributed by atoms with E-state index in [1.165, 1.54) is 28.7 Å². The van der Waals surface area contributed by atoms with Crippen molar-refractivity contribution in [3.05, 3.63) is 59.9 Å². The summed E-state index contributed by atoms with van der Waals surface area (Å²) in [6, 6.07) is 9.82. The van der Waals surface area contributed by atoms with E-state index in [1.54, 1.807) is 26.2 Å². The number of allylic oxidation sites excluding steroid dienone is 1. The molecule has 0 spiro atoms. The molecule has 4 rings (SSSR count). The van der Waals surface area contributed by atoms with E-state index < -0.39 is 5.60 Å². The van der Waals surface area contributed by atoms with Crippen LogP contribution < -0.4 is 5.32 Å². The molecule has 1 aromatic carbocycles. The molecule has 0 saturated carbocycles. The zero-order valence-electron chi connectivity index (χ0n) is 17.4. The summed E-state index contributed by atoms with van der Waals surface area (Å²) >= 11 is 2.87. The van der Waals surface area contributed by atoms with Gasteiger partial charge in [0.25, 0.3) is 0 Å². The number of carbonyl (C=O) groups excluding carboxylic acids is 1. The lowest BCUT2D eigenvalue weighted by atomic mass is 10.1. The largest absolute Gasteiger partial charge is 0.383 e. The van der Waals surface area contributed by atoms with Gasteiger partial charge in [-0.2, -0.15) is 0 Å². The third-order valence-corrected chi connectivity index (χ3v) is 6.86. The van der Waals surface area contributed by atoms with Crippen LogP contribution in [0.1, 0.15) is 32.2 Å². The van der Waals surface area contributed by atoms with Crippen LogP contribution in [0.15, 0.2) is 54.9 Å². The van der Waals surface area contributed by atoms with Crippen LogP contribution in [0.5, 0.6) is 0 Å². The van der Waals surface area contributed by atoms with Crippen LogP contribution in [0, 0.1) is 0 Å². The monoisotopic (exact) mass is 450 g/mol. The van der Waals surface area contributed by atoms with E-state index in [2.05, 4.69) is 26.3 Å². The van der Waals surface area contributed by atoms with Crippen LogP contribution in [-0.2, 0) is 10.4 Å². The van der Waals surface area contributed by atoms with E-state index in [4.69, 9.17) is 0 Å². The van der Waals surface area contributed by atoms with E-state index in [0.717, 1.165) is 38.3 Å². The fourth-order valence-corrected chi connectivity index (χ4v) is 4.88. The van der Waals surface area contributed by atoms with Gasteiger partial charge in [-0.3, -0.25) is 15.1 Å². The van der Waals surface area contributed by atoms with Crippen molar-refractivity contribution in [1.82, 2.24) is 15.0 Å². The topological polar surface area (TPSA) is 88.0 Å². The number of aliphatic hydroxyl groups is 1. The Morgan fingerprint density at radius 3 is 2.74 bits per heavy atom. The Morgan fingerprint density at radius 1 is 1.23 bits per heavy atom. The molecule has 0 unspecified atom stereocenters. The van der Waals surface area contributed by atoms with Gasteiger partial charge in [0.05, 0.1) is 20.8 Å². The first kappa shape index (κ1) is 21.3. The van der Waals surface area contributed by atoms with Crippen LogP contribution >= 0.6 is 22.7 Å². The van der Waals surface area contributed by atoms with Gasteiger partial charge in [-0.25, -0.2) is 9.97 Å². The van der Waals surface area contributed by atoms with E-state index in [-0.39, 0.29) is 5.91 Å². The van der Waals surface area contributed by atoms with Gasteiger partial charge in [-0.1, -0.05) is 30.4 Å². The average molecular weight is 451 g/mol. The molecule has 158 valence electrons. The smallest absolute Gasteiger partial charge is 0.249 e. The standard InChI is InChI=1S/C23H22N4O2S2/c1-4-5-9-19(28)27-22-26-17-12-14(18-13-25-21(30-18)23(2,3)29)11-15(20(17)31-22)16-8-6-7-10-24-16/h5-13,29H,4H2,1-3H3,(H,26,27,28). The lowest BCUT2D eigenvalue weighted by Gasteiger charge is -2.12. The van der Waals surface area contributed by atoms with Gasteiger partial charge in [0.1, 0.15) is 10.6 Å². The first-order chi connectivity index (χ1) is 14.8. The van der Waals surface area contributed by atoms with Crippen molar-refractivity contribution in [2.45, 2.75) is 32.8 Å². The van der Waals surface area contributed by atoms with Gasteiger partial charge in [0.2, 0.25) is 5.91 Å². The Morgan fingerprint density at radius 2 is 2.06 bits per heavy atom. The quantitative estimate of drug-likeness (QED) is 0.373. The first-order valence-corrected chi connectivity index (χ1v) is 11.5. The number of nitrogens with zero attached hydrogens (tertiary/aromatic N) is 3. The Hall–Kier alpha value is -2.94. The van der Waals surface area contributed by atoms with Gasteiger partial charge in [-0.15, -0.1) is 11.3 Å². The Balaban J connectivity index is 1.82. The van der Waals surface area contributed by atoms with Crippen molar-refractivity contribution in [2.75, 3.05) is 5.32 Å². The summed E-state index contributed by atoms with van der Waals surface area (Å²) in [5.41, 5.74) is 2.48. The number of carbonyl (C=O) groups is 1. The molecule has 31 heavy (non-hydrogen) atoms. The molecule has 0 aliphatic rings. The number of fused-ring (bicyclic) bond motifs is 1. The second-order valence-electron chi connectivity index (χ2n) is 7.49. The molecule has 0 aliphatic heterocycles. The highest BCUT2D eigenvalue weighted by atomic mass is 32.1. The van der Waals surface area contributed by atoms with Gasteiger partial charge >= 0.3 is 0 Å². The molecule has 3 heterocycles. The molecule has 0 saturated heterocycles. The maximum Gasteiger partial charge on any atom is 0.249 e. The summed E-state index contributed by atoms with van der Waals surface area (Å²) < 4.78 is 0.949. The molecular weight excluding hydrogens is 428 g/mol. The zero-order valence-corrected chi connectivity index (χ0v) is 19.0. The van der Waals surface area contributed by atoms with E-state index in [1.807, 2.05) is 37.3 Å². The summed E-state index contributed by atoms with van der Waals surface area (Å²) in [7, 11) is 0. The maximum atomic E-state index is 12.1. The third-order valence-electron chi connectivity index (χ3n) is 4.48. The minimum absolute atomic E-state index is 0.196.